The maximum Gasteiger partial charge on any atom is 0.416 e. The fraction of sp³-hybridized carbons (Fsp3) is 0.200. The molecule has 0 bridgehead atoms. The molecule has 0 amide bonds. The van der Waals surface area contributed by atoms with Crippen LogP contribution in [0.1, 0.15) is 18.9 Å². The van der Waals surface area contributed by atoms with Crippen molar-refractivity contribution in [2.75, 3.05) is 11.9 Å². The predicted molar refractivity (Wildman–Crippen MR) is 124 cm³/mol. The van der Waals surface area contributed by atoms with Crippen LogP contribution in [0.5, 0.6) is 5.75 Å². The third kappa shape index (κ3) is 4.90. The van der Waals surface area contributed by atoms with Gasteiger partial charge in [0.2, 0.25) is 0 Å². The van der Waals surface area contributed by atoms with Gasteiger partial charge in [-0.25, -0.2) is 9.97 Å². The second kappa shape index (κ2) is 9.07. The van der Waals surface area contributed by atoms with Crippen LogP contribution in [-0.2, 0) is 6.18 Å². The van der Waals surface area contributed by atoms with E-state index < -0.39 is 11.7 Å². The Morgan fingerprint density at radius 1 is 0.970 bits per heavy atom. The third-order valence-electron chi connectivity index (χ3n) is 5.44. The second-order valence-electron chi connectivity index (χ2n) is 7.77. The lowest BCUT2D eigenvalue weighted by molar-refractivity contribution is -0.137. The van der Waals surface area contributed by atoms with Crippen molar-refractivity contribution < 1.29 is 18.3 Å². The van der Waals surface area contributed by atoms with E-state index in [2.05, 4.69) is 15.3 Å². The van der Waals surface area contributed by atoms with Gasteiger partial charge in [-0.2, -0.15) is 13.2 Å². The molecule has 0 aliphatic heterocycles. The maximum absolute atomic E-state index is 12.9. The van der Waals surface area contributed by atoms with Crippen LogP contribution in [0.25, 0.3) is 33.4 Å². The van der Waals surface area contributed by atoms with E-state index in [4.69, 9.17) is 5.73 Å². The number of para-hydroxylation sites is 1. The number of nitrogens with two attached hydrogens (primary N) is 1. The smallest absolute Gasteiger partial charge is 0.416 e. The van der Waals surface area contributed by atoms with Gasteiger partial charge in [-0.3, -0.25) is 0 Å². The molecular weight excluding hydrogens is 429 g/mol. The molecule has 170 valence electrons. The highest BCUT2D eigenvalue weighted by Crippen LogP contribution is 2.35. The Labute approximate surface area is 189 Å². The molecule has 0 saturated heterocycles. The first-order valence-corrected chi connectivity index (χ1v) is 10.5. The number of aromatic nitrogens is 2. The Morgan fingerprint density at radius 2 is 1.67 bits per heavy atom. The SMILES string of the molecule is CCC(N)CNc1nc(-c2cc(-c3ccc(C(F)(F)F)cc3)ccc2O)nc2ccccc12. The first-order valence-electron chi connectivity index (χ1n) is 10.5. The zero-order valence-electron chi connectivity index (χ0n) is 17.9. The highest BCUT2D eigenvalue weighted by molar-refractivity contribution is 5.91. The standard InChI is InChI=1S/C25H23F3N4O/c1-2-18(29)14-30-23-19-5-3-4-6-21(19)31-24(32-23)20-13-16(9-12-22(20)33)15-7-10-17(11-8-15)25(26,27)28/h3-13,18,33H,2,14,29H2,1H3,(H,30,31,32). The number of rotatable bonds is 6. The summed E-state index contributed by atoms with van der Waals surface area (Å²) in [6, 6.07) is 17.1. The van der Waals surface area contributed by atoms with Crippen molar-refractivity contribution in [1.29, 1.82) is 0 Å². The number of nitrogens with one attached hydrogen (secondary N) is 1. The van der Waals surface area contributed by atoms with Crippen LogP contribution in [0.15, 0.2) is 66.7 Å². The molecule has 4 N–H and O–H groups in total. The Hall–Kier alpha value is -3.65. The van der Waals surface area contributed by atoms with E-state index in [9.17, 15) is 18.3 Å². The zero-order chi connectivity index (χ0) is 23.6. The summed E-state index contributed by atoms with van der Waals surface area (Å²) in [6.07, 6.45) is -3.60. The van der Waals surface area contributed by atoms with Gasteiger partial charge < -0.3 is 16.2 Å². The van der Waals surface area contributed by atoms with Gasteiger partial charge in [-0.1, -0.05) is 37.3 Å². The van der Waals surface area contributed by atoms with Crippen LogP contribution in [0.4, 0.5) is 19.0 Å². The molecule has 1 heterocycles. The summed E-state index contributed by atoms with van der Waals surface area (Å²) >= 11 is 0. The fourth-order valence-electron chi connectivity index (χ4n) is 3.45. The van der Waals surface area contributed by atoms with Gasteiger partial charge in [0, 0.05) is 18.0 Å². The molecule has 3 aromatic carbocycles. The maximum atomic E-state index is 12.9. The number of anilines is 1. The number of hydrogen-bond donors (Lipinski definition) is 3. The third-order valence-corrected chi connectivity index (χ3v) is 5.44. The Balaban J connectivity index is 1.76. The number of hydrogen-bond acceptors (Lipinski definition) is 5. The van der Waals surface area contributed by atoms with Gasteiger partial charge in [0.1, 0.15) is 11.6 Å². The van der Waals surface area contributed by atoms with Crippen molar-refractivity contribution in [3.8, 4) is 28.3 Å². The van der Waals surface area contributed by atoms with Gasteiger partial charge in [0.25, 0.3) is 0 Å². The van der Waals surface area contributed by atoms with Gasteiger partial charge in [-0.15, -0.1) is 0 Å². The molecule has 1 aromatic heterocycles. The number of alkyl halides is 3. The van der Waals surface area contributed by atoms with Crippen molar-refractivity contribution in [2.24, 2.45) is 5.73 Å². The van der Waals surface area contributed by atoms with E-state index in [-0.39, 0.29) is 11.8 Å². The van der Waals surface area contributed by atoms with Crippen molar-refractivity contribution >= 4 is 16.7 Å². The topological polar surface area (TPSA) is 84.1 Å². The molecule has 1 unspecified atom stereocenters. The van der Waals surface area contributed by atoms with Crippen molar-refractivity contribution in [1.82, 2.24) is 9.97 Å². The molecule has 0 radical (unpaired) electrons. The summed E-state index contributed by atoms with van der Waals surface area (Å²) in [5.74, 6) is 0.864. The highest BCUT2D eigenvalue weighted by Gasteiger charge is 2.30. The summed E-state index contributed by atoms with van der Waals surface area (Å²) < 4.78 is 38.7. The van der Waals surface area contributed by atoms with E-state index in [0.29, 0.717) is 40.4 Å². The first-order chi connectivity index (χ1) is 15.8. The van der Waals surface area contributed by atoms with E-state index in [1.807, 2.05) is 31.2 Å². The molecule has 5 nitrogen and oxygen atoms in total. The minimum atomic E-state index is -4.40. The molecule has 0 fully saturated rings. The predicted octanol–water partition coefficient (Wildman–Crippen LogP) is 5.84. The van der Waals surface area contributed by atoms with Crippen LogP contribution >= 0.6 is 0 Å². The second-order valence-corrected chi connectivity index (χ2v) is 7.77. The van der Waals surface area contributed by atoms with Crippen LogP contribution in [0.3, 0.4) is 0 Å². The quantitative estimate of drug-likeness (QED) is 0.342. The molecule has 0 aliphatic carbocycles. The van der Waals surface area contributed by atoms with E-state index in [1.54, 1.807) is 12.1 Å². The largest absolute Gasteiger partial charge is 0.507 e. The minimum Gasteiger partial charge on any atom is -0.507 e. The van der Waals surface area contributed by atoms with Gasteiger partial charge >= 0.3 is 6.18 Å². The minimum absolute atomic E-state index is 0.0304. The van der Waals surface area contributed by atoms with Crippen LogP contribution in [0.2, 0.25) is 0 Å². The van der Waals surface area contributed by atoms with Gasteiger partial charge in [0.15, 0.2) is 5.82 Å². The Morgan fingerprint density at radius 3 is 2.36 bits per heavy atom. The van der Waals surface area contributed by atoms with Crippen molar-refractivity contribution in [2.45, 2.75) is 25.6 Å². The Bertz CT molecular complexity index is 1270. The summed E-state index contributed by atoms with van der Waals surface area (Å²) in [7, 11) is 0. The fourth-order valence-corrected chi connectivity index (χ4v) is 3.45. The number of halogens is 3. The van der Waals surface area contributed by atoms with E-state index in [1.165, 1.54) is 18.2 Å². The van der Waals surface area contributed by atoms with Gasteiger partial charge in [0.05, 0.1) is 16.6 Å². The highest BCUT2D eigenvalue weighted by atomic mass is 19.4. The summed E-state index contributed by atoms with van der Waals surface area (Å²) in [4.78, 5) is 9.24. The summed E-state index contributed by atoms with van der Waals surface area (Å²) in [5, 5.41) is 14.6. The molecule has 1 atom stereocenters. The number of aromatic hydroxyl groups is 1. The average molecular weight is 452 g/mol. The van der Waals surface area contributed by atoms with Crippen LogP contribution in [-0.4, -0.2) is 27.7 Å². The lowest BCUT2D eigenvalue weighted by Gasteiger charge is -2.15. The molecule has 4 aromatic rings. The lowest BCUT2D eigenvalue weighted by Crippen LogP contribution is -2.28. The molecule has 0 saturated carbocycles. The Kier molecular flexibility index (Phi) is 6.20. The number of phenols is 1. The van der Waals surface area contributed by atoms with Crippen LogP contribution in [0, 0.1) is 0 Å². The molecule has 0 aliphatic rings. The number of nitrogens with zero attached hydrogens (tertiary/aromatic N) is 2. The van der Waals surface area contributed by atoms with Crippen molar-refractivity contribution in [3.05, 3.63) is 72.3 Å². The van der Waals surface area contributed by atoms with E-state index in [0.717, 1.165) is 23.9 Å². The van der Waals surface area contributed by atoms with Crippen LogP contribution < -0.4 is 11.1 Å². The lowest BCUT2D eigenvalue weighted by atomic mass is 10.0. The molecule has 8 heteroatoms. The molecule has 0 spiro atoms. The molecule has 4 rings (SSSR count). The first kappa shape index (κ1) is 22.5. The number of phenolic OH excluding ortho intramolecular Hbond substituents is 1. The summed E-state index contributed by atoms with van der Waals surface area (Å²) in [5.41, 5.74) is 7.61. The summed E-state index contributed by atoms with van der Waals surface area (Å²) in [6.45, 7) is 2.52. The van der Waals surface area contributed by atoms with Gasteiger partial charge in [-0.05, 0) is 53.9 Å². The zero-order valence-corrected chi connectivity index (χ0v) is 17.9. The number of benzene rings is 3. The molecule has 33 heavy (non-hydrogen) atoms. The number of fused-ring (bicyclic) bond motifs is 1. The normalized spacial score (nSPS) is 12.6. The monoisotopic (exact) mass is 452 g/mol. The molecular formula is C25H23F3N4O. The van der Waals surface area contributed by atoms with Crippen molar-refractivity contribution in [3.63, 3.8) is 0 Å². The average Bonchev–Trinajstić information content (AvgIpc) is 2.82. The van der Waals surface area contributed by atoms with E-state index >= 15 is 0 Å².